The molecule has 0 aliphatic carbocycles. The van der Waals surface area contributed by atoms with Gasteiger partial charge in [-0.15, -0.1) is 0 Å². The molecule has 5 heteroatoms. The van der Waals surface area contributed by atoms with E-state index in [1.54, 1.807) is 13.8 Å². The van der Waals surface area contributed by atoms with Crippen molar-refractivity contribution in [3.8, 4) is 5.75 Å². The molecule has 0 bridgehead atoms. The first-order chi connectivity index (χ1) is 11.0. The molecule has 1 aromatic heterocycles. The monoisotopic (exact) mass is 312 g/mol. The van der Waals surface area contributed by atoms with Gasteiger partial charge in [-0.1, -0.05) is 18.2 Å². The van der Waals surface area contributed by atoms with Crippen LogP contribution in [-0.4, -0.2) is 29.3 Å². The molecule has 0 saturated carbocycles. The molecule has 2 aromatic rings. The highest BCUT2D eigenvalue weighted by atomic mass is 16.5. The third kappa shape index (κ3) is 2.86. The van der Waals surface area contributed by atoms with Crippen molar-refractivity contribution in [2.45, 2.75) is 33.3 Å². The van der Waals surface area contributed by atoms with Gasteiger partial charge in [0.25, 0.3) is 5.91 Å². The maximum absolute atomic E-state index is 12.4. The topological polar surface area (TPSA) is 71.2 Å². The second-order valence-electron chi connectivity index (χ2n) is 5.94. The zero-order valence-electron chi connectivity index (χ0n) is 13.5. The number of nitrogens with one attached hydrogen (secondary N) is 2. The van der Waals surface area contributed by atoms with Crippen LogP contribution in [0.1, 0.15) is 44.6 Å². The fourth-order valence-electron chi connectivity index (χ4n) is 3.17. The van der Waals surface area contributed by atoms with Crippen molar-refractivity contribution >= 4 is 11.7 Å². The number of aryl methyl sites for hydroxylation is 1. The fraction of sp³-hybridized carbons (Fsp3) is 0.333. The van der Waals surface area contributed by atoms with Crippen LogP contribution in [0, 0.1) is 13.8 Å². The Morgan fingerprint density at radius 2 is 2.04 bits per heavy atom. The lowest BCUT2D eigenvalue weighted by atomic mass is 10.1. The number of aromatic nitrogens is 1. The minimum atomic E-state index is -0.211. The minimum Gasteiger partial charge on any atom is -0.488 e. The number of para-hydroxylation sites is 1. The van der Waals surface area contributed by atoms with Gasteiger partial charge in [0.2, 0.25) is 0 Å². The first kappa shape index (κ1) is 15.3. The van der Waals surface area contributed by atoms with Crippen LogP contribution >= 0.6 is 0 Å². The van der Waals surface area contributed by atoms with Gasteiger partial charge in [0.15, 0.2) is 5.78 Å². The Kier molecular flexibility index (Phi) is 3.94. The van der Waals surface area contributed by atoms with Gasteiger partial charge in [-0.25, -0.2) is 0 Å². The summed E-state index contributed by atoms with van der Waals surface area (Å²) in [5, 5.41) is 2.89. The van der Waals surface area contributed by atoms with E-state index in [1.807, 2.05) is 24.3 Å². The number of fused-ring (bicyclic) bond motifs is 1. The molecule has 2 N–H and O–H groups in total. The molecular formula is C18H20N2O3. The van der Waals surface area contributed by atoms with Crippen LogP contribution in [0.3, 0.4) is 0 Å². The smallest absolute Gasteiger partial charge is 0.268 e. The standard InChI is InChI=1S/C18H20N2O3/c1-10-16(12(3)21)11(2)20-17(10)18(22)19-9-14-8-13-6-4-5-7-15(13)23-14/h4-7,14,20H,8-9H2,1-3H3,(H,19,22)/t14-/m0/s1. The van der Waals surface area contributed by atoms with Gasteiger partial charge in [-0.05, 0) is 38.0 Å². The molecule has 1 amide bonds. The van der Waals surface area contributed by atoms with Crippen LogP contribution in [0.5, 0.6) is 5.75 Å². The van der Waals surface area contributed by atoms with Crippen molar-refractivity contribution in [1.29, 1.82) is 0 Å². The molecule has 1 aliphatic heterocycles. The van der Waals surface area contributed by atoms with Gasteiger partial charge in [0.05, 0.1) is 6.54 Å². The zero-order chi connectivity index (χ0) is 16.6. The van der Waals surface area contributed by atoms with Crippen molar-refractivity contribution in [2.75, 3.05) is 6.54 Å². The average Bonchev–Trinajstić information content (AvgIpc) is 3.05. The highest BCUT2D eigenvalue weighted by Crippen LogP contribution is 2.27. The van der Waals surface area contributed by atoms with Crippen molar-refractivity contribution < 1.29 is 14.3 Å². The van der Waals surface area contributed by atoms with Gasteiger partial charge in [0.1, 0.15) is 17.5 Å². The van der Waals surface area contributed by atoms with Gasteiger partial charge in [-0.3, -0.25) is 9.59 Å². The number of H-pyrrole nitrogens is 1. The van der Waals surface area contributed by atoms with Crippen LogP contribution in [-0.2, 0) is 6.42 Å². The van der Waals surface area contributed by atoms with Crippen molar-refractivity contribution in [3.05, 3.63) is 52.3 Å². The maximum atomic E-state index is 12.4. The third-order valence-electron chi connectivity index (χ3n) is 4.22. The normalized spacial score (nSPS) is 15.9. The Hall–Kier alpha value is -2.56. The summed E-state index contributed by atoms with van der Waals surface area (Å²) < 4.78 is 5.81. The summed E-state index contributed by atoms with van der Waals surface area (Å²) in [5.41, 5.74) is 3.63. The van der Waals surface area contributed by atoms with E-state index in [-0.39, 0.29) is 17.8 Å². The summed E-state index contributed by atoms with van der Waals surface area (Å²) in [6.07, 6.45) is 0.734. The zero-order valence-corrected chi connectivity index (χ0v) is 13.5. The number of aromatic amines is 1. The predicted molar refractivity (Wildman–Crippen MR) is 87.2 cm³/mol. The quantitative estimate of drug-likeness (QED) is 0.852. The average molecular weight is 312 g/mol. The number of amides is 1. The second-order valence-corrected chi connectivity index (χ2v) is 5.94. The van der Waals surface area contributed by atoms with Crippen molar-refractivity contribution in [3.63, 3.8) is 0 Å². The number of carbonyl (C=O) groups is 2. The molecule has 1 aliphatic rings. The van der Waals surface area contributed by atoms with E-state index in [1.165, 1.54) is 6.92 Å². The first-order valence-corrected chi connectivity index (χ1v) is 7.70. The van der Waals surface area contributed by atoms with Crippen LogP contribution in [0.15, 0.2) is 24.3 Å². The molecular weight excluding hydrogens is 292 g/mol. The summed E-state index contributed by atoms with van der Waals surface area (Å²) in [5.74, 6) is 0.639. The molecule has 120 valence electrons. The Balaban J connectivity index is 1.65. The lowest BCUT2D eigenvalue weighted by Gasteiger charge is -2.11. The Morgan fingerprint density at radius 3 is 2.70 bits per heavy atom. The Labute approximate surface area is 135 Å². The molecule has 1 atom stereocenters. The SMILES string of the molecule is CC(=O)c1c(C)[nH]c(C(=O)NC[C@@H]2Cc3ccccc3O2)c1C. The van der Waals surface area contributed by atoms with Crippen LogP contribution in [0.4, 0.5) is 0 Å². The van der Waals surface area contributed by atoms with Crippen LogP contribution < -0.4 is 10.1 Å². The van der Waals surface area contributed by atoms with Gasteiger partial charge in [0, 0.05) is 17.7 Å². The van der Waals surface area contributed by atoms with E-state index in [9.17, 15) is 9.59 Å². The number of ether oxygens (including phenoxy) is 1. The minimum absolute atomic E-state index is 0.0372. The number of ketones is 1. The highest BCUT2D eigenvalue weighted by Gasteiger charge is 2.24. The molecule has 5 nitrogen and oxygen atoms in total. The Bertz CT molecular complexity index is 752. The first-order valence-electron chi connectivity index (χ1n) is 7.70. The molecule has 1 aromatic carbocycles. The summed E-state index contributed by atoms with van der Waals surface area (Å²) in [4.78, 5) is 27.0. The summed E-state index contributed by atoms with van der Waals surface area (Å²) in [6.45, 7) is 5.53. The lowest BCUT2D eigenvalue weighted by molar-refractivity contribution is 0.0928. The van der Waals surface area contributed by atoms with E-state index in [4.69, 9.17) is 4.74 Å². The number of Topliss-reactive ketones (excluding diaryl/α,β-unsaturated/α-hetero) is 1. The molecule has 0 spiro atoms. The van der Waals surface area contributed by atoms with Crippen molar-refractivity contribution in [2.24, 2.45) is 0 Å². The van der Waals surface area contributed by atoms with E-state index >= 15 is 0 Å². The number of rotatable bonds is 4. The van der Waals surface area contributed by atoms with E-state index in [0.717, 1.165) is 23.4 Å². The third-order valence-corrected chi connectivity index (χ3v) is 4.22. The number of hydrogen-bond acceptors (Lipinski definition) is 3. The lowest BCUT2D eigenvalue weighted by Crippen LogP contribution is -2.34. The summed E-state index contributed by atoms with van der Waals surface area (Å²) in [7, 11) is 0. The number of hydrogen-bond donors (Lipinski definition) is 2. The molecule has 0 radical (unpaired) electrons. The second kappa shape index (κ2) is 5.91. The summed E-state index contributed by atoms with van der Waals surface area (Å²) >= 11 is 0. The fourth-order valence-corrected chi connectivity index (χ4v) is 3.17. The molecule has 0 fully saturated rings. The van der Waals surface area contributed by atoms with E-state index in [0.29, 0.717) is 23.4 Å². The number of benzene rings is 1. The van der Waals surface area contributed by atoms with Gasteiger partial charge >= 0.3 is 0 Å². The highest BCUT2D eigenvalue weighted by molar-refractivity contribution is 6.02. The van der Waals surface area contributed by atoms with Gasteiger partial charge < -0.3 is 15.0 Å². The van der Waals surface area contributed by atoms with Crippen LogP contribution in [0.2, 0.25) is 0 Å². The molecule has 0 saturated heterocycles. The predicted octanol–water partition coefficient (Wildman–Crippen LogP) is 2.57. The largest absolute Gasteiger partial charge is 0.488 e. The molecule has 2 heterocycles. The van der Waals surface area contributed by atoms with Crippen molar-refractivity contribution in [1.82, 2.24) is 10.3 Å². The van der Waals surface area contributed by atoms with Crippen LogP contribution in [0.25, 0.3) is 0 Å². The van der Waals surface area contributed by atoms with E-state index < -0.39 is 0 Å². The number of carbonyl (C=O) groups excluding carboxylic acids is 2. The molecule has 3 rings (SSSR count). The summed E-state index contributed by atoms with van der Waals surface area (Å²) in [6, 6.07) is 7.90. The molecule has 0 unspecified atom stereocenters. The molecule has 23 heavy (non-hydrogen) atoms. The van der Waals surface area contributed by atoms with Gasteiger partial charge in [-0.2, -0.15) is 0 Å². The maximum Gasteiger partial charge on any atom is 0.268 e. The Morgan fingerprint density at radius 1 is 1.30 bits per heavy atom. The van der Waals surface area contributed by atoms with E-state index in [2.05, 4.69) is 10.3 Å².